The lowest BCUT2D eigenvalue weighted by Crippen LogP contribution is -2.19. The second-order valence-electron chi connectivity index (χ2n) is 2.71. The summed E-state index contributed by atoms with van der Waals surface area (Å²) in [6.45, 7) is 7.03. The summed E-state index contributed by atoms with van der Waals surface area (Å²) in [5, 5.41) is 13.3. The Kier molecular flexibility index (Phi) is 1.99. The van der Waals surface area contributed by atoms with E-state index in [1.165, 1.54) is 0 Å². The van der Waals surface area contributed by atoms with Crippen molar-refractivity contribution in [1.82, 2.24) is 5.32 Å². The van der Waals surface area contributed by atoms with Crippen molar-refractivity contribution in [2.24, 2.45) is 0 Å². The number of rotatable bonds is 1. The summed E-state index contributed by atoms with van der Waals surface area (Å²) in [5.74, 6) is 0. The van der Waals surface area contributed by atoms with Crippen LogP contribution in [0.5, 0.6) is 0 Å². The topological polar surface area (TPSA) is 55.2 Å². The Morgan fingerprint density at radius 1 is 1.58 bits per heavy atom. The Balaban J connectivity index is 3.14. The smallest absolute Gasteiger partial charge is 0.291 e. The zero-order chi connectivity index (χ0) is 9.30. The van der Waals surface area contributed by atoms with Gasteiger partial charge in [-0.1, -0.05) is 6.58 Å². The fourth-order valence-corrected chi connectivity index (χ4v) is 1.24. The number of hydrogen-bond acceptors (Lipinski definition) is 3. The van der Waals surface area contributed by atoms with Crippen LogP contribution in [0.4, 0.5) is 0 Å². The van der Waals surface area contributed by atoms with Gasteiger partial charge in [-0.25, -0.2) is 0 Å². The summed E-state index contributed by atoms with van der Waals surface area (Å²) in [7, 11) is 0. The Labute approximate surface area is 70.4 Å². The summed E-state index contributed by atoms with van der Waals surface area (Å²) in [4.78, 5) is 10.1. The van der Waals surface area contributed by atoms with E-state index >= 15 is 0 Å². The van der Waals surface area contributed by atoms with Crippen molar-refractivity contribution in [3.63, 3.8) is 0 Å². The first-order chi connectivity index (χ1) is 5.52. The minimum atomic E-state index is -0.388. The standard InChI is InChI=1S/C8H10N2O2/c1-5-4-6(2)9-7(3)8(5)10(11)12/h4,9H,2H2,1,3H3. The summed E-state index contributed by atoms with van der Waals surface area (Å²) >= 11 is 0. The maximum atomic E-state index is 10.5. The van der Waals surface area contributed by atoms with Crippen LogP contribution in [0.15, 0.2) is 35.3 Å². The van der Waals surface area contributed by atoms with Crippen molar-refractivity contribution in [3.05, 3.63) is 45.4 Å². The molecule has 0 amide bonds. The predicted octanol–water partition coefficient (Wildman–Crippen LogP) is 1.56. The van der Waals surface area contributed by atoms with E-state index in [1.807, 2.05) is 0 Å². The molecule has 0 bridgehead atoms. The number of hydrogen-bond donors (Lipinski definition) is 1. The highest BCUT2D eigenvalue weighted by Gasteiger charge is 2.21. The van der Waals surface area contributed by atoms with Gasteiger partial charge in [0.15, 0.2) is 0 Å². The van der Waals surface area contributed by atoms with Gasteiger partial charge in [-0.2, -0.15) is 0 Å². The molecule has 4 heteroatoms. The molecule has 0 saturated heterocycles. The summed E-state index contributed by atoms with van der Waals surface area (Å²) < 4.78 is 0. The van der Waals surface area contributed by atoms with Gasteiger partial charge in [-0.3, -0.25) is 10.1 Å². The molecule has 1 N–H and O–H groups in total. The molecular weight excluding hydrogens is 156 g/mol. The van der Waals surface area contributed by atoms with E-state index in [9.17, 15) is 10.1 Å². The molecule has 0 aromatic carbocycles. The highest BCUT2D eigenvalue weighted by molar-refractivity contribution is 5.38. The maximum absolute atomic E-state index is 10.5. The lowest BCUT2D eigenvalue weighted by atomic mass is 10.1. The molecular formula is C8H10N2O2. The van der Waals surface area contributed by atoms with Crippen LogP contribution in [0.1, 0.15) is 13.8 Å². The molecule has 64 valence electrons. The minimum Gasteiger partial charge on any atom is -0.354 e. The molecule has 0 aromatic rings. The van der Waals surface area contributed by atoms with E-state index in [-0.39, 0.29) is 10.6 Å². The predicted molar refractivity (Wildman–Crippen MR) is 45.7 cm³/mol. The van der Waals surface area contributed by atoms with Gasteiger partial charge in [0.1, 0.15) is 0 Å². The largest absolute Gasteiger partial charge is 0.354 e. The van der Waals surface area contributed by atoms with Crippen LogP contribution in [-0.2, 0) is 0 Å². The normalized spacial score (nSPS) is 17.2. The van der Waals surface area contributed by atoms with Crippen molar-refractivity contribution in [2.75, 3.05) is 0 Å². The van der Waals surface area contributed by atoms with Gasteiger partial charge in [-0.15, -0.1) is 0 Å². The summed E-state index contributed by atoms with van der Waals surface area (Å²) in [6, 6.07) is 0. The van der Waals surface area contributed by atoms with Crippen LogP contribution >= 0.6 is 0 Å². The third-order valence-electron chi connectivity index (χ3n) is 1.65. The van der Waals surface area contributed by atoms with Crippen LogP contribution in [-0.4, -0.2) is 4.92 Å². The molecule has 4 nitrogen and oxygen atoms in total. The molecule has 0 aliphatic carbocycles. The van der Waals surface area contributed by atoms with E-state index in [2.05, 4.69) is 11.9 Å². The monoisotopic (exact) mass is 166 g/mol. The van der Waals surface area contributed by atoms with Gasteiger partial charge in [0.2, 0.25) is 0 Å². The fourth-order valence-electron chi connectivity index (χ4n) is 1.24. The lowest BCUT2D eigenvalue weighted by Gasteiger charge is -2.13. The molecule has 0 radical (unpaired) electrons. The fraction of sp³-hybridized carbons (Fsp3) is 0.250. The molecule has 0 atom stereocenters. The molecule has 0 unspecified atom stereocenters. The van der Waals surface area contributed by atoms with E-state index in [0.717, 1.165) is 0 Å². The van der Waals surface area contributed by atoms with E-state index in [0.29, 0.717) is 17.0 Å². The molecule has 1 rings (SSSR count). The highest BCUT2D eigenvalue weighted by atomic mass is 16.6. The van der Waals surface area contributed by atoms with Crippen LogP contribution in [0.25, 0.3) is 0 Å². The van der Waals surface area contributed by atoms with Crippen LogP contribution in [0, 0.1) is 10.1 Å². The Hall–Kier alpha value is -1.58. The lowest BCUT2D eigenvalue weighted by molar-refractivity contribution is -0.422. The highest BCUT2D eigenvalue weighted by Crippen LogP contribution is 2.19. The first kappa shape index (κ1) is 8.52. The SMILES string of the molecule is C=C1C=C(C)C([N+](=O)[O-])=C(C)N1. The quantitative estimate of drug-likeness (QED) is 0.475. The summed E-state index contributed by atoms with van der Waals surface area (Å²) in [5.41, 5.74) is 2.02. The van der Waals surface area contributed by atoms with Gasteiger partial charge in [0.05, 0.1) is 10.6 Å². The molecule has 0 spiro atoms. The first-order valence-corrected chi connectivity index (χ1v) is 3.52. The van der Waals surface area contributed by atoms with Gasteiger partial charge in [-0.05, 0) is 19.9 Å². The zero-order valence-electron chi connectivity index (χ0n) is 7.05. The van der Waals surface area contributed by atoms with Gasteiger partial charge in [0, 0.05) is 11.3 Å². The molecule has 1 aliphatic heterocycles. The average molecular weight is 166 g/mol. The number of nitrogens with one attached hydrogen (secondary N) is 1. The first-order valence-electron chi connectivity index (χ1n) is 3.52. The van der Waals surface area contributed by atoms with Gasteiger partial charge < -0.3 is 5.32 Å². The Morgan fingerprint density at radius 2 is 2.17 bits per heavy atom. The number of nitrogens with zero attached hydrogens (tertiary/aromatic N) is 1. The van der Waals surface area contributed by atoms with Crippen molar-refractivity contribution in [3.8, 4) is 0 Å². The minimum absolute atomic E-state index is 0.141. The number of dihydropyridines is 1. The van der Waals surface area contributed by atoms with E-state index in [4.69, 9.17) is 0 Å². The average Bonchev–Trinajstić information content (AvgIpc) is 1.82. The zero-order valence-corrected chi connectivity index (χ0v) is 7.05. The summed E-state index contributed by atoms with van der Waals surface area (Å²) in [6.07, 6.45) is 1.66. The third-order valence-corrected chi connectivity index (χ3v) is 1.65. The second kappa shape index (κ2) is 2.81. The van der Waals surface area contributed by atoms with Gasteiger partial charge in [0.25, 0.3) is 5.70 Å². The number of nitro groups is 1. The van der Waals surface area contributed by atoms with E-state index < -0.39 is 0 Å². The second-order valence-corrected chi connectivity index (χ2v) is 2.71. The molecule has 0 saturated carbocycles. The van der Waals surface area contributed by atoms with Crippen molar-refractivity contribution in [1.29, 1.82) is 0 Å². The van der Waals surface area contributed by atoms with Crippen LogP contribution < -0.4 is 5.32 Å². The van der Waals surface area contributed by atoms with Crippen LogP contribution in [0.2, 0.25) is 0 Å². The molecule has 0 fully saturated rings. The maximum Gasteiger partial charge on any atom is 0.291 e. The molecule has 12 heavy (non-hydrogen) atoms. The van der Waals surface area contributed by atoms with Crippen molar-refractivity contribution in [2.45, 2.75) is 13.8 Å². The molecule has 1 heterocycles. The third kappa shape index (κ3) is 1.37. The number of allylic oxidation sites excluding steroid dienone is 3. The van der Waals surface area contributed by atoms with Crippen molar-refractivity contribution >= 4 is 0 Å². The Morgan fingerprint density at radius 3 is 2.58 bits per heavy atom. The Bertz CT molecular complexity index is 313. The van der Waals surface area contributed by atoms with Crippen molar-refractivity contribution < 1.29 is 4.92 Å². The van der Waals surface area contributed by atoms with Crippen LogP contribution in [0.3, 0.4) is 0 Å². The van der Waals surface area contributed by atoms with E-state index in [1.54, 1.807) is 19.9 Å². The molecule has 1 aliphatic rings. The van der Waals surface area contributed by atoms with Gasteiger partial charge >= 0.3 is 0 Å². The molecule has 0 aromatic heterocycles.